The van der Waals surface area contributed by atoms with E-state index in [9.17, 15) is 9.59 Å². The Kier molecular flexibility index (Phi) is 6.53. The van der Waals surface area contributed by atoms with E-state index >= 15 is 0 Å². The number of fused-ring (bicyclic) bond motifs is 1. The minimum absolute atomic E-state index is 0.122. The van der Waals surface area contributed by atoms with Crippen molar-refractivity contribution in [2.45, 2.75) is 51.6 Å². The van der Waals surface area contributed by atoms with Gasteiger partial charge >= 0.3 is 0 Å². The Morgan fingerprint density at radius 2 is 1.97 bits per heavy atom. The van der Waals surface area contributed by atoms with E-state index in [4.69, 9.17) is 14.5 Å². The number of aryl methyl sites for hydroxylation is 1. The van der Waals surface area contributed by atoms with Gasteiger partial charge in [0.25, 0.3) is 0 Å². The third-order valence-corrected chi connectivity index (χ3v) is 7.45. The van der Waals surface area contributed by atoms with Crippen molar-refractivity contribution in [2.75, 3.05) is 38.7 Å². The molecule has 5 heterocycles. The largest absolute Gasteiger partial charge is 0.378 e. The molecule has 5 rings (SSSR count). The highest BCUT2D eigenvalue weighted by Gasteiger charge is 2.39. The fourth-order valence-electron chi connectivity index (χ4n) is 5.43. The molecule has 9 heteroatoms. The molecule has 3 aromatic heterocycles. The number of anilines is 1. The minimum Gasteiger partial charge on any atom is -0.378 e. The van der Waals surface area contributed by atoms with E-state index < -0.39 is 5.60 Å². The molecule has 2 fully saturated rings. The van der Waals surface area contributed by atoms with Gasteiger partial charge in [-0.25, -0.2) is 9.97 Å². The summed E-state index contributed by atoms with van der Waals surface area (Å²) in [5, 5.41) is 3.83. The molecule has 0 spiro atoms. The second kappa shape index (κ2) is 9.63. The molecule has 2 saturated heterocycles. The van der Waals surface area contributed by atoms with E-state index in [0.29, 0.717) is 24.9 Å². The summed E-state index contributed by atoms with van der Waals surface area (Å²) < 4.78 is 13.7. The molecule has 0 aromatic carbocycles. The lowest BCUT2D eigenvalue weighted by Crippen LogP contribution is -2.36. The van der Waals surface area contributed by atoms with Gasteiger partial charge in [0.1, 0.15) is 17.2 Å². The smallest absolute Gasteiger partial charge is 0.222 e. The summed E-state index contributed by atoms with van der Waals surface area (Å²) in [5.74, 6) is 1.53. The highest BCUT2D eigenvalue weighted by atomic mass is 16.5. The highest BCUT2D eigenvalue weighted by molar-refractivity contribution is 5.92. The van der Waals surface area contributed by atoms with Crippen LogP contribution in [0.2, 0.25) is 0 Å². The summed E-state index contributed by atoms with van der Waals surface area (Å²) in [7, 11) is 1.71. The third-order valence-electron chi connectivity index (χ3n) is 7.45. The molecule has 190 valence electrons. The van der Waals surface area contributed by atoms with Crippen LogP contribution in [0.1, 0.15) is 55.8 Å². The Labute approximate surface area is 210 Å². The molecular formula is C27H33N5O4. The van der Waals surface area contributed by atoms with E-state index in [1.807, 2.05) is 17.2 Å². The molecule has 3 aromatic rings. The summed E-state index contributed by atoms with van der Waals surface area (Å²) >= 11 is 0. The number of pyridine rings is 2. The number of nitrogens with one attached hydrogen (secondary N) is 1. The topological polar surface area (TPSA) is 98.6 Å². The van der Waals surface area contributed by atoms with Crippen LogP contribution in [0, 0.1) is 6.92 Å². The summed E-state index contributed by atoms with van der Waals surface area (Å²) in [6, 6.07) is 6.03. The molecule has 1 N–H and O–H groups in total. The summed E-state index contributed by atoms with van der Waals surface area (Å²) in [5.41, 5.74) is 3.48. The van der Waals surface area contributed by atoms with Crippen LogP contribution in [0.25, 0.3) is 16.7 Å². The number of amides is 2. The lowest BCUT2D eigenvalue weighted by atomic mass is 9.89. The number of hydrogen-bond donors (Lipinski definition) is 1. The number of ether oxygens (including phenoxy) is 2. The molecule has 1 unspecified atom stereocenters. The summed E-state index contributed by atoms with van der Waals surface area (Å²) in [6.07, 6.45) is 6.52. The van der Waals surface area contributed by atoms with Gasteiger partial charge in [-0.1, -0.05) is 0 Å². The monoisotopic (exact) mass is 491 g/mol. The van der Waals surface area contributed by atoms with Gasteiger partial charge in [-0.05, 0) is 48.9 Å². The number of likely N-dealkylation sites (tertiary alicyclic amines) is 1. The van der Waals surface area contributed by atoms with E-state index in [2.05, 4.69) is 40.1 Å². The normalized spacial score (nSPS) is 20.7. The van der Waals surface area contributed by atoms with E-state index in [-0.39, 0.29) is 11.8 Å². The van der Waals surface area contributed by atoms with Crippen LogP contribution < -0.4 is 5.32 Å². The van der Waals surface area contributed by atoms with Gasteiger partial charge in [0, 0.05) is 70.9 Å². The van der Waals surface area contributed by atoms with Gasteiger partial charge in [-0.2, -0.15) is 0 Å². The Bertz CT molecular complexity index is 1300. The molecular weight excluding hydrogens is 458 g/mol. The fourth-order valence-corrected chi connectivity index (χ4v) is 5.43. The summed E-state index contributed by atoms with van der Waals surface area (Å²) in [4.78, 5) is 35.0. The Morgan fingerprint density at radius 1 is 1.19 bits per heavy atom. The van der Waals surface area contributed by atoms with Gasteiger partial charge < -0.3 is 24.3 Å². The van der Waals surface area contributed by atoms with Crippen LogP contribution >= 0.6 is 0 Å². The van der Waals surface area contributed by atoms with Crippen molar-refractivity contribution in [3.05, 3.63) is 47.4 Å². The van der Waals surface area contributed by atoms with Crippen molar-refractivity contribution in [2.24, 2.45) is 0 Å². The van der Waals surface area contributed by atoms with Crippen molar-refractivity contribution in [3.8, 4) is 5.82 Å². The highest BCUT2D eigenvalue weighted by Crippen LogP contribution is 2.38. The number of aromatic nitrogens is 3. The van der Waals surface area contributed by atoms with Gasteiger partial charge in [-0.15, -0.1) is 0 Å². The van der Waals surface area contributed by atoms with Crippen LogP contribution in [-0.2, 0) is 24.7 Å². The molecule has 9 nitrogen and oxygen atoms in total. The maximum atomic E-state index is 11.8. The molecule has 0 bridgehead atoms. The van der Waals surface area contributed by atoms with E-state index in [1.165, 1.54) is 12.5 Å². The molecule has 0 saturated carbocycles. The molecule has 2 aliphatic heterocycles. The first-order chi connectivity index (χ1) is 17.3. The van der Waals surface area contributed by atoms with E-state index in [1.54, 1.807) is 14.0 Å². The van der Waals surface area contributed by atoms with Crippen LogP contribution in [0.15, 0.2) is 30.6 Å². The second-order valence-corrected chi connectivity index (χ2v) is 9.89. The first-order valence-corrected chi connectivity index (χ1v) is 12.5. The maximum absolute atomic E-state index is 11.8. The number of methoxy groups -OCH3 is 1. The zero-order valence-electron chi connectivity index (χ0n) is 21.3. The van der Waals surface area contributed by atoms with Gasteiger partial charge in [0.2, 0.25) is 11.8 Å². The minimum atomic E-state index is -0.561. The lowest BCUT2D eigenvalue weighted by molar-refractivity contribution is -0.129. The fraction of sp³-hybridized carbons (Fsp3) is 0.481. The lowest BCUT2D eigenvalue weighted by Gasteiger charge is -2.31. The first kappa shape index (κ1) is 24.4. The number of carbonyl (C=O) groups excluding carboxylic acids is 2. The van der Waals surface area contributed by atoms with Gasteiger partial charge in [0.15, 0.2) is 0 Å². The maximum Gasteiger partial charge on any atom is 0.222 e. The molecule has 36 heavy (non-hydrogen) atoms. The van der Waals surface area contributed by atoms with Crippen LogP contribution in [0.3, 0.4) is 0 Å². The van der Waals surface area contributed by atoms with Crippen molar-refractivity contribution >= 4 is 28.5 Å². The van der Waals surface area contributed by atoms with Crippen LogP contribution in [0.5, 0.6) is 0 Å². The first-order valence-electron chi connectivity index (χ1n) is 12.5. The average Bonchev–Trinajstić information content (AvgIpc) is 3.49. The van der Waals surface area contributed by atoms with Crippen molar-refractivity contribution in [3.63, 3.8) is 0 Å². The molecule has 1 atom stereocenters. The summed E-state index contributed by atoms with van der Waals surface area (Å²) in [6.45, 7) is 7.76. The zero-order valence-corrected chi connectivity index (χ0v) is 21.3. The predicted octanol–water partition coefficient (Wildman–Crippen LogP) is 3.68. The number of carbonyl (C=O) groups is 2. The Hall–Kier alpha value is -3.30. The number of hydrogen-bond acceptors (Lipinski definition) is 6. The number of piperidine rings is 1. The SMILES string of the molecule is COC1(c2cc(C)cc(-n3cc(C4CCN(C(C)=O)CC4)c4cnc(NC(C)=O)cc43)n2)CCOC1. The molecule has 0 aliphatic carbocycles. The second-order valence-electron chi connectivity index (χ2n) is 9.89. The third kappa shape index (κ3) is 4.49. The zero-order chi connectivity index (χ0) is 25.4. The van der Waals surface area contributed by atoms with Crippen LogP contribution in [0.4, 0.5) is 5.82 Å². The van der Waals surface area contributed by atoms with E-state index in [0.717, 1.165) is 60.3 Å². The van der Waals surface area contributed by atoms with Gasteiger partial charge in [0.05, 0.1) is 17.8 Å². The number of rotatable bonds is 5. The molecule has 2 aliphatic rings. The standard InChI is InChI=1S/C27H33N5O4/c1-17-11-24(27(35-4)7-10-36-16-27)30-26(12-17)32-15-22(20-5-8-31(9-6-20)19(3)34)21-14-28-25(13-23(21)32)29-18(2)33/h11-15,20H,5-10,16H2,1-4H3,(H,28,29,33). The molecule has 0 radical (unpaired) electrons. The van der Waals surface area contributed by atoms with Crippen molar-refractivity contribution < 1.29 is 19.1 Å². The predicted molar refractivity (Wildman–Crippen MR) is 136 cm³/mol. The molecule has 2 amide bonds. The van der Waals surface area contributed by atoms with Crippen molar-refractivity contribution in [1.82, 2.24) is 19.4 Å². The van der Waals surface area contributed by atoms with Crippen LogP contribution in [-0.4, -0.2) is 64.7 Å². The average molecular weight is 492 g/mol. The Balaban J connectivity index is 1.62. The number of nitrogens with zero attached hydrogens (tertiary/aromatic N) is 4. The van der Waals surface area contributed by atoms with Crippen molar-refractivity contribution in [1.29, 1.82) is 0 Å². The van der Waals surface area contributed by atoms with Gasteiger partial charge in [-0.3, -0.25) is 9.59 Å². The Morgan fingerprint density at radius 3 is 2.61 bits per heavy atom. The quantitative estimate of drug-likeness (QED) is 0.585.